The Bertz CT molecular complexity index is 493. The second-order valence-corrected chi connectivity index (χ2v) is 7.60. The highest BCUT2D eigenvalue weighted by molar-refractivity contribution is 7.91. The average Bonchev–Trinajstić information content (AvgIpc) is 3.05. The van der Waals surface area contributed by atoms with Crippen LogP contribution in [0.4, 0.5) is 0 Å². The molecule has 0 aromatic carbocycles. The van der Waals surface area contributed by atoms with E-state index in [-0.39, 0.29) is 0 Å². The first-order valence-electron chi connectivity index (χ1n) is 6.56. The number of sulfonamides is 1. The van der Waals surface area contributed by atoms with E-state index in [9.17, 15) is 8.42 Å². The first-order chi connectivity index (χ1) is 9.12. The minimum atomic E-state index is -3.52. The van der Waals surface area contributed by atoms with Crippen LogP contribution in [0.3, 0.4) is 0 Å². The summed E-state index contributed by atoms with van der Waals surface area (Å²) in [5.74, 6) is 0. The van der Waals surface area contributed by atoms with Gasteiger partial charge in [0.2, 0.25) is 0 Å². The Morgan fingerprint density at radius 2 is 2.11 bits per heavy atom. The first-order valence-corrected chi connectivity index (χ1v) is 8.86. The molecule has 0 radical (unpaired) electrons. The second kappa shape index (κ2) is 6.81. The van der Waals surface area contributed by atoms with Crippen LogP contribution in [-0.4, -0.2) is 39.6 Å². The number of thiophene rings is 1. The lowest BCUT2D eigenvalue weighted by molar-refractivity contribution is 0.0757. The highest BCUT2D eigenvalue weighted by Crippen LogP contribution is 2.21. The molecule has 5 nitrogen and oxygen atoms in total. The number of nitrogens with one attached hydrogen (secondary N) is 1. The lowest BCUT2D eigenvalue weighted by Gasteiger charge is -2.14. The Balaban J connectivity index is 1.77. The SMILES string of the molecule is CCc1ccc(S(=O)(=O)NOCCN2CCCC2)s1. The molecule has 0 saturated carbocycles. The maximum atomic E-state index is 11.9. The number of aryl methyl sites for hydroxylation is 1. The van der Waals surface area contributed by atoms with Crippen LogP contribution in [0.15, 0.2) is 16.3 Å². The molecule has 1 aromatic rings. The first kappa shape index (κ1) is 14.9. The number of nitrogens with zero attached hydrogens (tertiary/aromatic N) is 1. The van der Waals surface area contributed by atoms with Crippen LogP contribution >= 0.6 is 11.3 Å². The highest BCUT2D eigenvalue weighted by atomic mass is 32.2. The molecule has 0 atom stereocenters. The van der Waals surface area contributed by atoms with Crippen LogP contribution in [0.5, 0.6) is 0 Å². The minimum absolute atomic E-state index is 0.311. The van der Waals surface area contributed by atoms with Crippen molar-refractivity contribution in [1.82, 2.24) is 9.79 Å². The van der Waals surface area contributed by atoms with E-state index in [0.717, 1.165) is 30.9 Å². The predicted molar refractivity (Wildman–Crippen MR) is 75.6 cm³/mol. The van der Waals surface area contributed by atoms with Crippen LogP contribution < -0.4 is 4.89 Å². The van der Waals surface area contributed by atoms with Crippen molar-refractivity contribution in [3.8, 4) is 0 Å². The van der Waals surface area contributed by atoms with Crippen LogP contribution in [0.1, 0.15) is 24.6 Å². The zero-order chi connectivity index (χ0) is 13.7. The van der Waals surface area contributed by atoms with Crippen molar-refractivity contribution < 1.29 is 13.3 Å². The second-order valence-electron chi connectivity index (χ2n) is 4.56. The molecule has 0 aliphatic carbocycles. The molecular weight excluding hydrogens is 284 g/mol. The average molecular weight is 304 g/mol. The summed E-state index contributed by atoms with van der Waals surface area (Å²) in [5.41, 5.74) is 0. The van der Waals surface area contributed by atoms with Crippen LogP contribution in [-0.2, 0) is 21.3 Å². The van der Waals surface area contributed by atoms with E-state index in [2.05, 4.69) is 9.79 Å². The molecule has 2 rings (SSSR count). The Kier molecular flexibility index (Phi) is 5.35. The van der Waals surface area contributed by atoms with Crippen molar-refractivity contribution in [2.24, 2.45) is 0 Å². The lowest BCUT2D eigenvalue weighted by Crippen LogP contribution is -2.29. The fourth-order valence-corrected chi connectivity index (χ4v) is 4.14. The standard InChI is InChI=1S/C12H20N2O3S2/c1-2-11-5-6-12(18-11)19(15,16)13-17-10-9-14-7-3-4-8-14/h5-6,13H,2-4,7-10H2,1H3. The zero-order valence-corrected chi connectivity index (χ0v) is 12.7. The summed E-state index contributed by atoms with van der Waals surface area (Å²) in [4.78, 5) is 10.6. The third-order valence-corrected chi connectivity index (χ3v) is 6.06. The van der Waals surface area contributed by atoms with Gasteiger partial charge in [-0.25, -0.2) is 8.42 Å². The van der Waals surface area contributed by atoms with E-state index in [1.807, 2.05) is 13.0 Å². The van der Waals surface area contributed by atoms with Gasteiger partial charge in [0.25, 0.3) is 10.0 Å². The van der Waals surface area contributed by atoms with Crippen LogP contribution in [0, 0.1) is 0 Å². The molecule has 19 heavy (non-hydrogen) atoms. The van der Waals surface area contributed by atoms with Gasteiger partial charge in [-0.15, -0.1) is 11.3 Å². The molecule has 1 N–H and O–H groups in total. The van der Waals surface area contributed by atoms with Crippen molar-refractivity contribution in [1.29, 1.82) is 0 Å². The predicted octanol–water partition coefficient (Wildman–Crippen LogP) is 1.62. The normalized spacial score (nSPS) is 17.1. The molecule has 0 bridgehead atoms. The van der Waals surface area contributed by atoms with Crippen LogP contribution in [0.25, 0.3) is 0 Å². The zero-order valence-electron chi connectivity index (χ0n) is 11.1. The van der Waals surface area contributed by atoms with Gasteiger partial charge in [0.1, 0.15) is 4.21 Å². The van der Waals surface area contributed by atoms with Gasteiger partial charge in [0, 0.05) is 11.4 Å². The number of likely N-dealkylation sites (tertiary alicyclic amines) is 1. The van der Waals surface area contributed by atoms with Gasteiger partial charge in [0.05, 0.1) is 6.61 Å². The van der Waals surface area contributed by atoms with Gasteiger partial charge in [-0.2, -0.15) is 0 Å². The van der Waals surface area contributed by atoms with E-state index in [1.165, 1.54) is 24.2 Å². The molecule has 1 fully saturated rings. The molecule has 1 aliphatic rings. The highest BCUT2D eigenvalue weighted by Gasteiger charge is 2.17. The van der Waals surface area contributed by atoms with E-state index in [4.69, 9.17) is 4.84 Å². The molecule has 1 saturated heterocycles. The fourth-order valence-electron chi connectivity index (χ4n) is 2.03. The van der Waals surface area contributed by atoms with E-state index >= 15 is 0 Å². The summed E-state index contributed by atoms with van der Waals surface area (Å²) in [6.45, 7) is 5.32. The molecule has 1 aliphatic heterocycles. The third kappa shape index (κ3) is 4.25. The topological polar surface area (TPSA) is 58.6 Å². The van der Waals surface area contributed by atoms with Gasteiger partial charge in [0.15, 0.2) is 0 Å². The summed E-state index contributed by atoms with van der Waals surface area (Å²) in [6.07, 6.45) is 3.29. The van der Waals surface area contributed by atoms with Gasteiger partial charge < -0.3 is 4.90 Å². The molecule has 2 heterocycles. The van der Waals surface area contributed by atoms with Crippen LogP contribution in [0.2, 0.25) is 0 Å². The quantitative estimate of drug-likeness (QED) is 0.614. The Morgan fingerprint density at radius 3 is 2.74 bits per heavy atom. The summed E-state index contributed by atoms with van der Waals surface area (Å²) >= 11 is 1.28. The summed E-state index contributed by atoms with van der Waals surface area (Å²) in [6, 6.07) is 3.46. The maximum absolute atomic E-state index is 11.9. The summed E-state index contributed by atoms with van der Waals surface area (Å²) in [5, 5.41) is 0. The van der Waals surface area contributed by atoms with Crippen molar-refractivity contribution in [2.75, 3.05) is 26.2 Å². The Morgan fingerprint density at radius 1 is 1.37 bits per heavy atom. The Labute approximate surface area is 118 Å². The number of hydrogen-bond donors (Lipinski definition) is 1. The van der Waals surface area contributed by atoms with Gasteiger partial charge in [-0.05, 0) is 44.5 Å². The molecule has 0 amide bonds. The lowest BCUT2D eigenvalue weighted by atomic mass is 10.4. The van der Waals surface area contributed by atoms with Crippen molar-refractivity contribution >= 4 is 21.4 Å². The smallest absolute Gasteiger partial charge is 0.271 e. The molecule has 1 aromatic heterocycles. The van der Waals surface area contributed by atoms with E-state index < -0.39 is 10.0 Å². The van der Waals surface area contributed by atoms with Gasteiger partial charge >= 0.3 is 0 Å². The van der Waals surface area contributed by atoms with E-state index in [1.54, 1.807) is 6.07 Å². The maximum Gasteiger partial charge on any atom is 0.271 e. The van der Waals surface area contributed by atoms with E-state index in [0.29, 0.717) is 10.8 Å². The molecule has 0 spiro atoms. The molecule has 0 unspecified atom stereocenters. The van der Waals surface area contributed by atoms with Gasteiger partial charge in [-0.1, -0.05) is 11.8 Å². The Hall–Kier alpha value is -0.470. The minimum Gasteiger partial charge on any atom is -0.301 e. The number of rotatable bonds is 7. The van der Waals surface area contributed by atoms with Crippen molar-refractivity contribution in [2.45, 2.75) is 30.4 Å². The molecule has 7 heteroatoms. The fraction of sp³-hybridized carbons (Fsp3) is 0.667. The summed E-state index contributed by atoms with van der Waals surface area (Å²) < 4.78 is 24.1. The monoisotopic (exact) mass is 304 g/mol. The van der Waals surface area contributed by atoms with Crippen molar-refractivity contribution in [3.05, 3.63) is 17.0 Å². The summed E-state index contributed by atoms with van der Waals surface area (Å²) in [7, 11) is -3.52. The molecule has 108 valence electrons. The third-order valence-electron chi connectivity index (χ3n) is 3.13. The number of hydrogen-bond acceptors (Lipinski definition) is 5. The largest absolute Gasteiger partial charge is 0.301 e. The molecular formula is C12H20N2O3S2. The van der Waals surface area contributed by atoms with Gasteiger partial charge in [-0.3, -0.25) is 4.84 Å². The van der Waals surface area contributed by atoms with Crippen molar-refractivity contribution in [3.63, 3.8) is 0 Å².